The van der Waals surface area contributed by atoms with E-state index < -0.39 is 23.2 Å². The number of aliphatic hydroxyl groups is 3. The van der Waals surface area contributed by atoms with Gasteiger partial charge in [-0.2, -0.15) is 0 Å². The number of aliphatic hydroxyl groups excluding tert-OH is 2. The molecule has 0 radical (unpaired) electrons. The lowest BCUT2D eigenvalue weighted by atomic mass is 9.43. The summed E-state index contributed by atoms with van der Waals surface area (Å²) in [5, 5.41) is 32.9. The fourth-order valence-corrected chi connectivity index (χ4v) is 7.81. The molecule has 3 N–H and O–H groups in total. The Morgan fingerprint density at radius 2 is 1.82 bits per heavy atom. The highest BCUT2D eigenvalue weighted by molar-refractivity contribution is 5.66. The second-order valence-electron chi connectivity index (χ2n) is 10.4. The molecule has 5 heteroatoms. The molecule has 0 aliphatic heterocycles. The first-order chi connectivity index (χ1) is 13.1. The van der Waals surface area contributed by atoms with Crippen LogP contribution in [0.5, 0.6) is 0 Å². The van der Waals surface area contributed by atoms with E-state index in [0.29, 0.717) is 24.7 Å². The number of ether oxygens (including phenoxy) is 1. The van der Waals surface area contributed by atoms with Crippen LogP contribution in [0.2, 0.25) is 0 Å². The van der Waals surface area contributed by atoms with Gasteiger partial charge < -0.3 is 20.1 Å². The first-order valence-electron chi connectivity index (χ1n) is 10.8. The highest BCUT2D eigenvalue weighted by Gasteiger charge is 2.69. The van der Waals surface area contributed by atoms with Crippen LogP contribution in [0.1, 0.15) is 65.7 Å². The van der Waals surface area contributed by atoms with Gasteiger partial charge in [-0.15, -0.1) is 6.42 Å². The predicted molar refractivity (Wildman–Crippen MR) is 104 cm³/mol. The Labute approximate surface area is 167 Å². The van der Waals surface area contributed by atoms with Crippen molar-refractivity contribution in [3.63, 3.8) is 0 Å². The zero-order valence-corrected chi connectivity index (χ0v) is 17.2. The van der Waals surface area contributed by atoms with Crippen LogP contribution in [0.4, 0.5) is 0 Å². The zero-order valence-electron chi connectivity index (χ0n) is 17.2. The zero-order chi connectivity index (χ0) is 20.5. The van der Waals surface area contributed by atoms with Gasteiger partial charge in [0, 0.05) is 12.3 Å². The van der Waals surface area contributed by atoms with E-state index in [2.05, 4.69) is 12.8 Å². The molecule has 5 nitrogen and oxygen atoms in total. The molecule has 4 aliphatic carbocycles. The summed E-state index contributed by atoms with van der Waals surface area (Å²) < 4.78 is 5.49. The smallest absolute Gasteiger partial charge is 0.302 e. The van der Waals surface area contributed by atoms with Gasteiger partial charge in [0.25, 0.3) is 0 Å². The van der Waals surface area contributed by atoms with Crippen molar-refractivity contribution in [2.24, 2.45) is 34.5 Å². The average molecular weight is 391 g/mol. The van der Waals surface area contributed by atoms with E-state index in [4.69, 9.17) is 11.2 Å². The van der Waals surface area contributed by atoms with Crippen molar-refractivity contribution in [2.75, 3.05) is 0 Å². The summed E-state index contributed by atoms with van der Waals surface area (Å²) in [7, 11) is 0. The number of rotatable bonds is 1. The monoisotopic (exact) mass is 390 g/mol. The summed E-state index contributed by atoms with van der Waals surface area (Å²) in [5.41, 5.74) is -2.00. The van der Waals surface area contributed by atoms with Gasteiger partial charge in [0.15, 0.2) is 5.60 Å². The summed E-state index contributed by atoms with van der Waals surface area (Å²) in [5.74, 6) is 2.99. The molecule has 0 amide bonds. The maximum absolute atomic E-state index is 11.4. The molecule has 0 aromatic rings. The molecule has 156 valence electrons. The Morgan fingerprint density at radius 3 is 2.46 bits per heavy atom. The van der Waals surface area contributed by atoms with Crippen molar-refractivity contribution in [3.8, 4) is 12.3 Å². The Bertz CT molecular complexity index is 700. The van der Waals surface area contributed by atoms with E-state index in [-0.39, 0.29) is 29.3 Å². The van der Waals surface area contributed by atoms with Crippen LogP contribution in [0.3, 0.4) is 0 Å². The quantitative estimate of drug-likeness (QED) is 0.472. The fourth-order valence-electron chi connectivity index (χ4n) is 7.81. The molecule has 0 aromatic carbocycles. The van der Waals surface area contributed by atoms with Gasteiger partial charge in [-0.25, -0.2) is 0 Å². The summed E-state index contributed by atoms with van der Waals surface area (Å²) in [4.78, 5) is 11.4. The van der Waals surface area contributed by atoms with Crippen LogP contribution in [-0.2, 0) is 9.53 Å². The van der Waals surface area contributed by atoms with Gasteiger partial charge in [0.05, 0.1) is 12.2 Å². The normalized spacial score (nSPS) is 55.4. The van der Waals surface area contributed by atoms with Crippen LogP contribution < -0.4 is 0 Å². The minimum Gasteiger partial charge on any atom is -0.463 e. The van der Waals surface area contributed by atoms with Crippen molar-refractivity contribution in [3.05, 3.63) is 0 Å². The highest BCUT2D eigenvalue weighted by Crippen LogP contribution is 2.68. The molecular weight excluding hydrogens is 356 g/mol. The minimum atomic E-state index is -1.52. The molecule has 0 aromatic heterocycles. The molecule has 0 saturated heterocycles. The molecule has 4 rings (SSSR count). The lowest BCUT2D eigenvalue weighted by molar-refractivity contribution is -0.190. The average Bonchev–Trinajstić information content (AvgIpc) is 2.83. The Kier molecular flexibility index (Phi) is 4.65. The van der Waals surface area contributed by atoms with Gasteiger partial charge in [0.2, 0.25) is 0 Å². The van der Waals surface area contributed by atoms with Crippen LogP contribution in [0.15, 0.2) is 0 Å². The van der Waals surface area contributed by atoms with E-state index in [1.54, 1.807) is 0 Å². The largest absolute Gasteiger partial charge is 0.463 e. The third-order valence-electron chi connectivity index (χ3n) is 9.41. The van der Waals surface area contributed by atoms with E-state index >= 15 is 0 Å². The first-order valence-corrected chi connectivity index (χ1v) is 10.8. The summed E-state index contributed by atoms with van der Waals surface area (Å²) in [6.07, 6.45) is 9.67. The molecular formula is C23H34O5. The van der Waals surface area contributed by atoms with Gasteiger partial charge in [-0.1, -0.05) is 19.8 Å². The lowest BCUT2D eigenvalue weighted by Crippen LogP contribution is -2.61. The molecule has 0 spiro atoms. The Balaban J connectivity index is 1.63. The maximum atomic E-state index is 11.4. The number of hydrogen-bond donors (Lipinski definition) is 3. The summed E-state index contributed by atoms with van der Waals surface area (Å²) in [6, 6.07) is 0. The molecule has 0 bridgehead atoms. The van der Waals surface area contributed by atoms with Gasteiger partial charge in [-0.3, -0.25) is 4.79 Å². The third kappa shape index (κ3) is 2.54. The molecule has 4 unspecified atom stereocenters. The van der Waals surface area contributed by atoms with Crippen molar-refractivity contribution in [1.29, 1.82) is 0 Å². The lowest BCUT2D eigenvalue weighted by Gasteiger charge is -2.62. The van der Waals surface area contributed by atoms with Crippen molar-refractivity contribution >= 4 is 5.97 Å². The number of hydrogen-bond acceptors (Lipinski definition) is 5. The number of carbonyl (C=O) groups is 1. The van der Waals surface area contributed by atoms with Crippen LogP contribution in [-0.4, -0.2) is 45.2 Å². The van der Waals surface area contributed by atoms with Gasteiger partial charge >= 0.3 is 5.97 Å². The van der Waals surface area contributed by atoms with E-state index in [1.807, 2.05) is 6.92 Å². The van der Waals surface area contributed by atoms with E-state index in [9.17, 15) is 20.1 Å². The van der Waals surface area contributed by atoms with Crippen LogP contribution >= 0.6 is 0 Å². The summed E-state index contributed by atoms with van der Waals surface area (Å²) >= 11 is 0. The van der Waals surface area contributed by atoms with Crippen molar-refractivity contribution in [2.45, 2.75) is 89.6 Å². The molecule has 4 aliphatic rings. The highest BCUT2D eigenvalue weighted by atomic mass is 16.5. The SMILES string of the molecule is C#C[C@]1(O)[C@H](O)CC2C3C(O)C[C@@H]4C[C@@H](OC(C)=O)CC[C@]4(C)C3CC[C@@]21C. The minimum absolute atomic E-state index is 0.0151. The molecule has 28 heavy (non-hydrogen) atoms. The van der Waals surface area contributed by atoms with Gasteiger partial charge in [-0.05, 0) is 74.0 Å². The molecule has 4 saturated carbocycles. The molecule has 10 atom stereocenters. The first kappa shape index (κ1) is 20.2. The standard InChI is InChI=1S/C23H34O5/c1-5-23(27)19(26)12-17-20-16(7-9-22(17,23)4)21(3)8-6-15(28-13(2)24)10-14(21)11-18(20)25/h1,14-20,25-27H,6-12H2,2-4H3/t14-,15-,16?,17?,18?,19+,20?,21-,22-,23-/m0/s1. The second kappa shape index (κ2) is 6.45. The number of carbonyl (C=O) groups excluding carboxylic acids is 1. The molecule has 4 fully saturated rings. The predicted octanol–water partition coefficient (Wildman–Crippen LogP) is 2.27. The van der Waals surface area contributed by atoms with Crippen LogP contribution in [0.25, 0.3) is 0 Å². The summed E-state index contributed by atoms with van der Waals surface area (Å²) in [6.45, 7) is 5.80. The Morgan fingerprint density at radius 1 is 1.11 bits per heavy atom. The Hall–Kier alpha value is -1.09. The third-order valence-corrected chi connectivity index (χ3v) is 9.41. The number of esters is 1. The number of fused-ring (bicyclic) bond motifs is 5. The maximum Gasteiger partial charge on any atom is 0.302 e. The number of terminal acetylenes is 1. The second-order valence-corrected chi connectivity index (χ2v) is 10.4. The van der Waals surface area contributed by atoms with Crippen molar-refractivity contribution < 1.29 is 24.9 Å². The van der Waals surface area contributed by atoms with E-state index in [0.717, 1.165) is 32.1 Å². The van der Waals surface area contributed by atoms with Crippen molar-refractivity contribution in [1.82, 2.24) is 0 Å². The fraction of sp³-hybridized carbons (Fsp3) is 0.870. The van der Waals surface area contributed by atoms with Crippen LogP contribution in [0, 0.1) is 46.8 Å². The topological polar surface area (TPSA) is 87.0 Å². The van der Waals surface area contributed by atoms with Gasteiger partial charge in [0.1, 0.15) is 6.10 Å². The van der Waals surface area contributed by atoms with E-state index in [1.165, 1.54) is 6.92 Å². The molecule has 0 heterocycles.